The summed E-state index contributed by atoms with van der Waals surface area (Å²) in [4.78, 5) is 24.8. The highest BCUT2D eigenvalue weighted by molar-refractivity contribution is 5.89. The lowest BCUT2D eigenvalue weighted by molar-refractivity contribution is -0.124. The van der Waals surface area contributed by atoms with Gasteiger partial charge in [-0.05, 0) is 19.3 Å². The molecule has 2 heterocycles. The number of hydrogen-bond donors (Lipinski definition) is 1. The van der Waals surface area contributed by atoms with Gasteiger partial charge in [0.05, 0.1) is 12.1 Å². The summed E-state index contributed by atoms with van der Waals surface area (Å²) in [5, 5.41) is 10.2. The van der Waals surface area contributed by atoms with Crippen LogP contribution in [0.1, 0.15) is 32.6 Å². The SMILES string of the molecule is CCCC(=O)[C@@H]1CCC2CN1C(=O)N2O. The first-order valence-electron chi connectivity index (χ1n) is 5.46. The van der Waals surface area contributed by atoms with Gasteiger partial charge in [0.2, 0.25) is 0 Å². The predicted molar refractivity (Wildman–Crippen MR) is 52.5 cm³/mol. The fourth-order valence-corrected chi connectivity index (χ4v) is 2.40. The number of carbonyl (C=O) groups is 2. The Labute approximate surface area is 88.6 Å². The lowest BCUT2D eigenvalue weighted by Gasteiger charge is -2.29. The number of carbonyl (C=O) groups excluding carboxylic acids is 2. The van der Waals surface area contributed by atoms with E-state index in [2.05, 4.69) is 0 Å². The molecule has 2 rings (SSSR count). The number of amides is 2. The molecule has 1 N–H and O–H groups in total. The lowest BCUT2D eigenvalue weighted by atomic mass is 9.96. The number of rotatable bonds is 3. The smallest absolute Gasteiger partial charge is 0.311 e. The van der Waals surface area contributed by atoms with Gasteiger partial charge in [-0.1, -0.05) is 6.92 Å². The molecule has 0 aromatic carbocycles. The second-order valence-electron chi connectivity index (χ2n) is 4.24. The maximum Gasteiger partial charge on any atom is 0.344 e. The number of nitrogens with zero attached hydrogens (tertiary/aromatic N) is 2. The van der Waals surface area contributed by atoms with Crippen LogP contribution < -0.4 is 0 Å². The summed E-state index contributed by atoms with van der Waals surface area (Å²) in [6.45, 7) is 2.45. The highest BCUT2D eigenvalue weighted by Crippen LogP contribution is 2.29. The minimum Gasteiger partial charge on any atom is -0.311 e. The molecule has 0 aromatic heterocycles. The van der Waals surface area contributed by atoms with Crippen LogP contribution in [0.4, 0.5) is 4.79 Å². The van der Waals surface area contributed by atoms with Gasteiger partial charge in [-0.15, -0.1) is 0 Å². The minimum absolute atomic E-state index is 0.108. The molecule has 2 amide bonds. The van der Waals surface area contributed by atoms with Crippen molar-refractivity contribution in [1.82, 2.24) is 9.96 Å². The Morgan fingerprint density at radius 1 is 1.53 bits per heavy atom. The van der Waals surface area contributed by atoms with Crippen molar-refractivity contribution in [3.8, 4) is 0 Å². The molecule has 5 nitrogen and oxygen atoms in total. The van der Waals surface area contributed by atoms with Crippen LogP contribution in [0.3, 0.4) is 0 Å². The van der Waals surface area contributed by atoms with Crippen molar-refractivity contribution in [2.45, 2.75) is 44.7 Å². The molecule has 0 aromatic rings. The molecule has 0 aliphatic carbocycles. The predicted octanol–water partition coefficient (Wildman–Crippen LogP) is 1.01. The van der Waals surface area contributed by atoms with Gasteiger partial charge < -0.3 is 4.90 Å². The monoisotopic (exact) mass is 212 g/mol. The van der Waals surface area contributed by atoms with Gasteiger partial charge in [0.1, 0.15) is 0 Å². The Hall–Kier alpha value is -1.10. The number of fused-ring (bicyclic) bond motifs is 2. The van der Waals surface area contributed by atoms with Crippen molar-refractivity contribution in [2.75, 3.05) is 6.54 Å². The van der Waals surface area contributed by atoms with Gasteiger partial charge in [0.15, 0.2) is 5.78 Å². The van der Waals surface area contributed by atoms with Crippen LogP contribution in [0.15, 0.2) is 0 Å². The van der Waals surface area contributed by atoms with E-state index in [1.54, 1.807) is 0 Å². The Balaban J connectivity index is 2.10. The second-order valence-corrected chi connectivity index (χ2v) is 4.24. The number of ketones is 1. The summed E-state index contributed by atoms with van der Waals surface area (Å²) in [6.07, 6.45) is 2.74. The zero-order valence-electron chi connectivity index (χ0n) is 8.85. The average molecular weight is 212 g/mol. The lowest BCUT2D eigenvalue weighted by Crippen LogP contribution is -2.44. The van der Waals surface area contributed by atoms with E-state index in [4.69, 9.17) is 0 Å². The molecule has 0 radical (unpaired) electrons. The maximum atomic E-state index is 11.7. The molecule has 2 aliphatic heterocycles. The summed E-state index contributed by atoms with van der Waals surface area (Å²) in [5.74, 6) is 0.125. The van der Waals surface area contributed by atoms with E-state index in [-0.39, 0.29) is 17.9 Å². The Morgan fingerprint density at radius 3 is 2.93 bits per heavy atom. The fourth-order valence-electron chi connectivity index (χ4n) is 2.40. The molecule has 1 unspecified atom stereocenters. The summed E-state index contributed by atoms with van der Waals surface area (Å²) in [7, 11) is 0. The normalized spacial score (nSPS) is 29.9. The first kappa shape index (κ1) is 10.4. The number of hydroxylamine groups is 2. The summed E-state index contributed by atoms with van der Waals surface area (Å²) >= 11 is 0. The van der Waals surface area contributed by atoms with E-state index in [0.29, 0.717) is 19.4 Å². The Morgan fingerprint density at radius 2 is 2.27 bits per heavy atom. The molecule has 15 heavy (non-hydrogen) atoms. The third-order valence-electron chi connectivity index (χ3n) is 3.21. The molecular weight excluding hydrogens is 196 g/mol. The zero-order chi connectivity index (χ0) is 11.0. The highest BCUT2D eigenvalue weighted by Gasteiger charge is 2.46. The third kappa shape index (κ3) is 1.61. The van der Waals surface area contributed by atoms with E-state index in [1.165, 1.54) is 4.90 Å². The van der Waals surface area contributed by atoms with E-state index < -0.39 is 6.03 Å². The van der Waals surface area contributed by atoms with Gasteiger partial charge in [0, 0.05) is 13.0 Å². The van der Waals surface area contributed by atoms with Crippen molar-refractivity contribution in [2.24, 2.45) is 0 Å². The molecule has 5 heteroatoms. The van der Waals surface area contributed by atoms with Crippen molar-refractivity contribution < 1.29 is 14.8 Å². The fraction of sp³-hybridized carbons (Fsp3) is 0.800. The largest absolute Gasteiger partial charge is 0.344 e. The van der Waals surface area contributed by atoms with Crippen LogP contribution in [0.2, 0.25) is 0 Å². The van der Waals surface area contributed by atoms with Crippen LogP contribution in [-0.2, 0) is 4.79 Å². The quantitative estimate of drug-likeness (QED) is 0.710. The maximum absolute atomic E-state index is 11.7. The second kappa shape index (κ2) is 3.81. The summed E-state index contributed by atoms with van der Waals surface area (Å²) < 4.78 is 0. The van der Waals surface area contributed by atoms with Crippen molar-refractivity contribution in [1.29, 1.82) is 0 Å². The van der Waals surface area contributed by atoms with E-state index in [1.807, 2.05) is 6.92 Å². The van der Waals surface area contributed by atoms with Crippen molar-refractivity contribution >= 4 is 11.8 Å². The summed E-state index contributed by atoms with van der Waals surface area (Å²) in [6, 6.07) is -0.819. The topological polar surface area (TPSA) is 60.9 Å². The van der Waals surface area contributed by atoms with Crippen LogP contribution in [-0.4, -0.2) is 45.6 Å². The standard InChI is InChI=1S/C10H16N2O3/c1-2-3-9(13)8-5-4-7-6-11(8)10(14)12(7)15/h7-8,15H,2-6H2,1H3/t7?,8-/m0/s1. The number of urea groups is 1. The van der Waals surface area contributed by atoms with Crippen LogP contribution in [0.25, 0.3) is 0 Å². The Bertz CT molecular complexity index is 292. The molecule has 2 saturated heterocycles. The van der Waals surface area contributed by atoms with Gasteiger partial charge in [-0.3, -0.25) is 10.0 Å². The molecule has 2 fully saturated rings. The average Bonchev–Trinajstić information content (AvgIpc) is 2.45. The van der Waals surface area contributed by atoms with Gasteiger partial charge in [-0.2, -0.15) is 0 Å². The molecule has 2 bridgehead atoms. The van der Waals surface area contributed by atoms with Gasteiger partial charge in [-0.25, -0.2) is 9.86 Å². The van der Waals surface area contributed by atoms with Crippen LogP contribution in [0, 0.1) is 0 Å². The number of piperidine rings is 1. The van der Waals surface area contributed by atoms with Crippen molar-refractivity contribution in [3.05, 3.63) is 0 Å². The van der Waals surface area contributed by atoms with Crippen LogP contribution >= 0.6 is 0 Å². The van der Waals surface area contributed by atoms with Crippen LogP contribution in [0.5, 0.6) is 0 Å². The summed E-state index contributed by atoms with van der Waals surface area (Å²) in [5.41, 5.74) is 0. The minimum atomic E-state index is -0.410. The number of hydrogen-bond acceptors (Lipinski definition) is 3. The molecule has 0 spiro atoms. The Kier molecular flexibility index (Phi) is 2.65. The van der Waals surface area contributed by atoms with E-state index in [0.717, 1.165) is 17.9 Å². The zero-order valence-corrected chi connectivity index (χ0v) is 8.85. The van der Waals surface area contributed by atoms with E-state index in [9.17, 15) is 14.8 Å². The molecule has 0 saturated carbocycles. The molecule has 2 atom stereocenters. The molecular formula is C10H16N2O3. The van der Waals surface area contributed by atoms with Crippen molar-refractivity contribution in [3.63, 3.8) is 0 Å². The first-order valence-corrected chi connectivity index (χ1v) is 5.46. The highest BCUT2D eigenvalue weighted by atomic mass is 16.5. The van der Waals surface area contributed by atoms with Gasteiger partial charge in [0.25, 0.3) is 0 Å². The molecule has 2 aliphatic rings. The van der Waals surface area contributed by atoms with Gasteiger partial charge >= 0.3 is 6.03 Å². The first-order chi connectivity index (χ1) is 7.15. The number of Topliss-reactive ketones (excluding diaryl/α,β-unsaturated/α-hetero) is 1. The van der Waals surface area contributed by atoms with E-state index >= 15 is 0 Å². The third-order valence-corrected chi connectivity index (χ3v) is 3.21. The molecule has 84 valence electrons.